The Balaban J connectivity index is 2.10. The summed E-state index contributed by atoms with van der Waals surface area (Å²) in [6.07, 6.45) is 3.79. The Labute approximate surface area is 161 Å². The average Bonchev–Trinajstić information content (AvgIpc) is 2.72. The molecule has 0 radical (unpaired) electrons. The topological polar surface area (TPSA) is 20.3 Å². The molecule has 3 rings (SSSR count). The van der Waals surface area contributed by atoms with Gasteiger partial charge in [-0.2, -0.15) is 0 Å². The largest absolute Gasteiger partial charge is 0.377 e. The molecule has 3 aromatic rings. The number of benzene rings is 3. The van der Waals surface area contributed by atoms with E-state index >= 15 is 0 Å². The van der Waals surface area contributed by atoms with Crippen molar-refractivity contribution in [2.24, 2.45) is 0 Å². The second-order valence-corrected chi connectivity index (χ2v) is 6.49. The quantitative estimate of drug-likeness (QED) is 0.329. The van der Waals surface area contributed by atoms with E-state index in [0.29, 0.717) is 5.56 Å². The molecule has 2 heteroatoms. The van der Waals surface area contributed by atoms with Crippen molar-refractivity contribution in [2.75, 3.05) is 14.1 Å². The molecule has 0 amide bonds. The van der Waals surface area contributed by atoms with Crippen molar-refractivity contribution >= 4 is 17.1 Å². The molecule has 0 N–H and O–H groups in total. The average molecular weight is 353 g/mol. The number of hydrogen-bond acceptors (Lipinski definition) is 2. The van der Waals surface area contributed by atoms with E-state index in [-0.39, 0.29) is 5.78 Å². The van der Waals surface area contributed by atoms with Crippen LogP contribution >= 0.6 is 0 Å². The summed E-state index contributed by atoms with van der Waals surface area (Å²) in [7, 11) is 4.03. The SMILES string of the molecule is CN(C)/C(=C/C(=C/C(=O)c1ccccc1)c1ccccc1)c1ccccc1. The second kappa shape index (κ2) is 8.81. The lowest BCUT2D eigenvalue weighted by molar-refractivity contribution is 0.104. The van der Waals surface area contributed by atoms with Crippen molar-refractivity contribution in [1.29, 1.82) is 0 Å². The number of ketones is 1. The van der Waals surface area contributed by atoms with Crippen molar-refractivity contribution < 1.29 is 4.79 Å². The summed E-state index contributed by atoms with van der Waals surface area (Å²) in [5.74, 6) is -0.00290. The van der Waals surface area contributed by atoms with Crippen LogP contribution in [0.3, 0.4) is 0 Å². The molecule has 3 aromatic carbocycles. The van der Waals surface area contributed by atoms with Gasteiger partial charge in [-0.25, -0.2) is 0 Å². The van der Waals surface area contributed by atoms with E-state index in [2.05, 4.69) is 23.1 Å². The first-order chi connectivity index (χ1) is 13.1. The summed E-state index contributed by atoms with van der Waals surface area (Å²) in [5.41, 5.74) is 4.74. The first-order valence-corrected chi connectivity index (χ1v) is 8.96. The summed E-state index contributed by atoms with van der Waals surface area (Å²) in [6.45, 7) is 0. The highest BCUT2D eigenvalue weighted by molar-refractivity contribution is 6.10. The van der Waals surface area contributed by atoms with Crippen molar-refractivity contribution in [1.82, 2.24) is 4.90 Å². The number of rotatable bonds is 6. The Morgan fingerprint density at radius 2 is 1.07 bits per heavy atom. The Bertz CT molecular complexity index is 939. The lowest BCUT2D eigenvalue weighted by atomic mass is 9.99. The van der Waals surface area contributed by atoms with Gasteiger partial charge in [0.25, 0.3) is 0 Å². The van der Waals surface area contributed by atoms with E-state index in [4.69, 9.17) is 0 Å². The highest BCUT2D eigenvalue weighted by atomic mass is 16.1. The first kappa shape index (κ1) is 18.4. The van der Waals surface area contributed by atoms with Gasteiger partial charge >= 0.3 is 0 Å². The van der Waals surface area contributed by atoms with E-state index in [0.717, 1.165) is 22.4 Å². The molecular formula is C25H23NO. The van der Waals surface area contributed by atoms with E-state index in [1.54, 1.807) is 6.08 Å². The van der Waals surface area contributed by atoms with Crippen LogP contribution in [0.15, 0.2) is 103 Å². The molecule has 2 nitrogen and oxygen atoms in total. The van der Waals surface area contributed by atoms with Crippen molar-refractivity contribution in [2.45, 2.75) is 0 Å². The molecule has 0 aliphatic carbocycles. The maximum absolute atomic E-state index is 12.8. The molecule has 0 bridgehead atoms. The molecule has 0 unspecified atom stereocenters. The maximum Gasteiger partial charge on any atom is 0.186 e. The van der Waals surface area contributed by atoms with Crippen LogP contribution in [-0.4, -0.2) is 24.8 Å². The smallest absolute Gasteiger partial charge is 0.186 e. The van der Waals surface area contributed by atoms with Gasteiger partial charge in [0.2, 0.25) is 0 Å². The third kappa shape index (κ3) is 4.83. The third-order valence-corrected chi connectivity index (χ3v) is 4.30. The standard InChI is InChI=1S/C25H23NO/c1-26(2)24(21-14-8-4-9-15-21)18-23(20-12-6-3-7-13-20)19-25(27)22-16-10-5-11-17-22/h3-19H,1-2H3/b23-19-,24-18+. The van der Waals surface area contributed by atoms with Crippen LogP contribution in [0.4, 0.5) is 0 Å². The molecule has 0 aliphatic rings. The van der Waals surface area contributed by atoms with Crippen LogP contribution in [-0.2, 0) is 0 Å². The summed E-state index contributed by atoms with van der Waals surface area (Å²) >= 11 is 0. The summed E-state index contributed by atoms with van der Waals surface area (Å²) in [6, 6.07) is 29.6. The minimum Gasteiger partial charge on any atom is -0.377 e. The van der Waals surface area contributed by atoms with Gasteiger partial charge in [0.05, 0.1) is 0 Å². The monoisotopic (exact) mass is 353 g/mol. The number of carbonyl (C=O) groups excluding carboxylic acids is 1. The van der Waals surface area contributed by atoms with E-state index in [1.807, 2.05) is 93.0 Å². The molecule has 0 spiro atoms. The molecule has 0 heterocycles. The normalized spacial score (nSPS) is 11.9. The fraction of sp³-hybridized carbons (Fsp3) is 0.0800. The highest BCUT2D eigenvalue weighted by Gasteiger charge is 2.09. The Morgan fingerprint density at radius 3 is 1.56 bits per heavy atom. The first-order valence-electron chi connectivity index (χ1n) is 8.96. The molecule has 0 aliphatic heterocycles. The molecule has 134 valence electrons. The predicted octanol–water partition coefficient (Wildman–Crippen LogP) is 5.56. The van der Waals surface area contributed by atoms with Gasteiger partial charge in [-0.05, 0) is 28.9 Å². The highest BCUT2D eigenvalue weighted by Crippen LogP contribution is 2.24. The molecule has 0 fully saturated rings. The molecule has 0 atom stereocenters. The molecule has 27 heavy (non-hydrogen) atoms. The Kier molecular flexibility index (Phi) is 6.01. The fourth-order valence-corrected chi connectivity index (χ4v) is 2.89. The van der Waals surface area contributed by atoms with Crippen LogP contribution in [0.5, 0.6) is 0 Å². The zero-order valence-corrected chi connectivity index (χ0v) is 15.7. The predicted molar refractivity (Wildman–Crippen MR) is 113 cm³/mol. The summed E-state index contributed by atoms with van der Waals surface area (Å²) in [5, 5.41) is 0. The molecule has 0 saturated carbocycles. The minimum absolute atomic E-state index is 0.00290. The molecule has 0 aromatic heterocycles. The van der Waals surface area contributed by atoms with E-state index < -0.39 is 0 Å². The van der Waals surface area contributed by atoms with Gasteiger partial charge in [-0.1, -0.05) is 91.0 Å². The number of carbonyl (C=O) groups is 1. The van der Waals surface area contributed by atoms with Crippen LogP contribution in [0.25, 0.3) is 11.3 Å². The van der Waals surface area contributed by atoms with Crippen molar-refractivity contribution in [3.05, 3.63) is 120 Å². The third-order valence-electron chi connectivity index (χ3n) is 4.30. The second-order valence-electron chi connectivity index (χ2n) is 6.49. The van der Waals surface area contributed by atoms with E-state index in [9.17, 15) is 4.79 Å². The van der Waals surface area contributed by atoms with Gasteiger partial charge < -0.3 is 4.90 Å². The lowest BCUT2D eigenvalue weighted by Gasteiger charge is -2.19. The molecular weight excluding hydrogens is 330 g/mol. The zero-order valence-electron chi connectivity index (χ0n) is 15.7. The van der Waals surface area contributed by atoms with Crippen LogP contribution < -0.4 is 0 Å². The van der Waals surface area contributed by atoms with Gasteiger partial charge in [0, 0.05) is 25.4 Å². The van der Waals surface area contributed by atoms with E-state index in [1.165, 1.54) is 0 Å². The van der Waals surface area contributed by atoms with Gasteiger partial charge in [0.1, 0.15) is 0 Å². The number of nitrogens with zero attached hydrogens (tertiary/aromatic N) is 1. The van der Waals surface area contributed by atoms with Gasteiger partial charge in [-0.3, -0.25) is 4.79 Å². The van der Waals surface area contributed by atoms with Crippen LogP contribution in [0.2, 0.25) is 0 Å². The number of hydrogen-bond donors (Lipinski definition) is 0. The Morgan fingerprint density at radius 1 is 0.630 bits per heavy atom. The fourth-order valence-electron chi connectivity index (χ4n) is 2.89. The maximum atomic E-state index is 12.8. The molecule has 0 saturated heterocycles. The van der Waals surface area contributed by atoms with Crippen molar-refractivity contribution in [3.8, 4) is 0 Å². The van der Waals surface area contributed by atoms with Crippen molar-refractivity contribution in [3.63, 3.8) is 0 Å². The summed E-state index contributed by atoms with van der Waals surface area (Å²) in [4.78, 5) is 14.9. The Hall–Kier alpha value is -3.39. The zero-order chi connectivity index (χ0) is 19.1. The lowest BCUT2D eigenvalue weighted by Crippen LogP contribution is -2.10. The van der Waals surface area contributed by atoms with Crippen LogP contribution in [0, 0.1) is 0 Å². The van der Waals surface area contributed by atoms with Crippen LogP contribution in [0.1, 0.15) is 21.5 Å². The summed E-state index contributed by atoms with van der Waals surface area (Å²) < 4.78 is 0. The number of allylic oxidation sites excluding steroid dienone is 3. The minimum atomic E-state index is -0.00290. The van der Waals surface area contributed by atoms with Gasteiger partial charge in [-0.15, -0.1) is 0 Å². The van der Waals surface area contributed by atoms with Gasteiger partial charge in [0.15, 0.2) is 5.78 Å².